The maximum Gasteiger partial charge on any atom is 0.324 e. The van der Waals surface area contributed by atoms with E-state index in [1.54, 1.807) is 35.8 Å². The van der Waals surface area contributed by atoms with Crippen molar-refractivity contribution in [3.05, 3.63) is 29.8 Å². The van der Waals surface area contributed by atoms with E-state index in [9.17, 15) is 9.59 Å². The highest BCUT2D eigenvalue weighted by Gasteiger charge is 2.21. The first-order valence-corrected chi connectivity index (χ1v) is 7.65. The standard InChI is InChI=1S/C14H20N2O3S/c1-11-4-6-12(7-5-11)16(10-13(17)18)14(19)15(2)8-9-20-3/h4-7H,8-10H2,1-3H3,(H,17,18). The summed E-state index contributed by atoms with van der Waals surface area (Å²) >= 11 is 1.64. The van der Waals surface area contributed by atoms with Gasteiger partial charge in [-0.15, -0.1) is 0 Å². The van der Waals surface area contributed by atoms with Gasteiger partial charge in [-0.2, -0.15) is 11.8 Å². The zero-order chi connectivity index (χ0) is 15.1. The molecule has 0 unspecified atom stereocenters. The molecule has 5 nitrogen and oxygen atoms in total. The van der Waals surface area contributed by atoms with E-state index in [1.807, 2.05) is 25.3 Å². The average Bonchev–Trinajstić information content (AvgIpc) is 2.42. The van der Waals surface area contributed by atoms with Gasteiger partial charge in [-0.25, -0.2) is 4.79 Å². The summed E-state index contributed by atoms with van der Waals surface area (Å²) in [4.78, 5) is 26.1. The molecule has 0 heterocycles. The smallest absolute Gasteiger partial charge is 0.324 e. The Balaban J connectivity index is 2.91. The fourth-order valence-corrected chi connectivity index (χ4v) is 2.12. The van der Waals surface area contributed by atoms with E-state index in [0.717, 1.165) is 11.3 Å². The van der Waals surface area contributed by atoms with Crippen LogP contribution in [0.15, 0.2) is 24.3 Å². The van der Waals surface area contributed by atoms with Gasteiger partial charge < -0.3 is 10.0 Å². The quantitative estimate of drug-likeness (QED) is 0.875. The van der Waals surface area contributed by atoms with E-state index in [0.29, 0.717) is 12.2 Å². The number of thioether (sulfide) groups is 1. The van der Waals surface area contributed by atoms with Crippen LogP contribution in [0.5, 0.6) is 0 Å². The first-order chi connectivity index (χ1) is 9.45. The lowest BCUT2D eigenvalue weighted by Gasteiger charge is -2.27. The molecule has 6 heteroatoms. The molecule has 1 rings (SSSR count). The molecule has 0 aliphatic rings. The Morgan fingerprint density at radius 3 is 2.35 bits per heavy atom. The molecule has 1 N–H and O–H groups in total. The van der Waals surface area contributed by atoms with Crippen LogP contribution in [0.25, 0.3) is 0 Å². The van der Waals surface area contributed by atoms with Crippen LogP contribution < -0.4 is 4.90 Å². The minimum atomic E-state index is -1.03. The Bertz CT molecular complexity index is 462. The van der Waals surface area contributed by atoms with Gasteiger partial charge in [0.15, 0.2) is 0 Å². The van der Waals surface area contributed by atoms with Gasteiger partial charge in [-0.05, 0) is 25.3 Å². The minimum Gasteiger partial charge on any atom is -0.480 e. The number of aliphatic carboxylic acids is 1. The van der Waals surface area contributed by atoms with Gasteiger partial charge in [-0.1, -0.05) is 17.7 Å². The SMILES string of the molecule is CSCCN(C)C(=O)N(CC(=O)O)c1ccc(C)cc1. The third-order valence-corrected chi connectivity index (χ3v) is 3.42. The number of nitrogens with zero attached hydrogens (tertiary/aromatic N) is 2. The van der Waals surface area contributed by atoms with Crippen molar-refractivity contribution in [1.82, 2.24) is 4.90 Å². The molecule has 0 saturated heterocycles. The Kier molecular flexibility index (Phi) is 6.38. The van der Waals surface area contributed by atoms with Crippen molar-refractivity contribution in [2.45, 2.75) is 6.92 Å². The lowest BCUT2D eigenvalue weighted by atomic mass is 10.2. The maximum absolute atomic E-state index is 12.3. The van der Waals surface area contributed by atoms with Crippen LogP contribution in [-0.4, -0.2) is 54.2 Å². The lowest BCUT2D eigenvalue weighted by molar-refractivity contribution is -0.135. The van der Waals surface area contributed by atoms with Gasteiger partial charge in [0.25, 0.3) is 0 Å². The summed E-state index contributed by atoms with van der Waals surface area (Å²) < 4.78 is 0. The second-order valence-corrected chi connectivity index (χ2v) is 5.50. The summed E-state index contributed by atoms with van der Waals surface area (Å²) in [6.07, 6.45) is 1.97. The first kappa shape index (κ1) is 16.4. The molecule has 1 aromatic carbocycles. The van der Waals surface area contributed by atoms with E-state index >= 15 is 0 Å². The van der Waals surface area contributed by atoms with Crippen LogP contribution in [-0.2, 0) is 4.79 Å². The third kappa shape index (κ3) is 4.77. The van der Waals surface area contributed by atoms with Gasteiger partial charge in [0, 0.05) is 25.0 Å². The van der Waals surface area contributed by atoms with E-state index in [-0.39, 0.29) is 12.6 Å². The number of benzene rings is 1. The van der Waals surface area contributed by atoms with E-state index in [1.165, 1.54) is 4.90 Å². The molecule has 0 aliphatic heterocycles. The van der Waals surface area contributed by atoms with Crippen molar-refractivity contribution in [3.63, 3.8) is 0 Å². The number of carboxylic acids is 1. The number of carboxylic acid groups (broad SMARTS) is 1. The molecule has 0 atom stereocenters. The molecule has 0 aromatic heterocycles. The van der Waals surface area contributed by atoms with Gasteiger partial charge >= 0.3 is 12.0 Å². The molecule has 0 radical (unpaired) electrons. The molecule has 0 aliphatic carbocycles. The summed E-state index contributed by atoms with van der Waals surface area (Å²) in [6, 6.07) is 6.95. The summed E-state index contributed by atoms with van der Waals surface area (Å²) in [5.41, 5.74) is 1.66. The normalized spacial score (nSPS) is 10.2. The van der Waals surface area contributed by atoms with Crippen LogP contribution >= 0.6 is 11.8 Å². The zero-order valence-corrected chi connectivity index (χ0v) is 12.8. The Morgan fingerprint density at radius 2 is 1.85 bits per heavy atom. The van der Waals surface area contributed by atoms with Crippen molar-refractivity contribution >= 4 is 29.4 Å². The number of urea groups is 1. The van der Waals surface area contributed by atoms with Crippen LogP contribution in [0, 0.1) is 6.92 Å². The molecule has 0 saturated carbocycles. The predicted molar refractivity (Wildman–Crippen MR) is 82.6 cm³/mol. The first-order valence-electron chi connectivity index (χ1n) is 6.25. The second-order valence-electron chi connectivity index (χ2n) is 4.51. The van der Waals surface area contributed by atoms with Crippen molar-refractivity contribution in [3.8, 4) is 0 Å². The Hall–Kier alpha value is -1.69. The van der Waals surface area contributed by atoms with Gasteiger partial charge in [0.2, 0.25) is 0 Å². The summed E-state index contributed by atoms with van der Waals surface area (Å²) in [6.45, 7) is 2.19. The average molecular weight is 296 g/mol. The largest absolute Gasteiger partial charge is 0.480 e. The van der Waals surface area contributed by atoms with Gasteiger partial charge in [0.05, 0.1) is 0 Å². The monoisotopic (exact) mass is 296 g/mol. The van der Waals surface area contributed by atoms with E-state index in [2.05, 4.69) is 0 Å². The molecule has 2 amide bonds. The number of hydrogen-bond acceptors (Lipinski definition) is 3. The van der Waals surface area contributed by atoms with Crippen LogP contribution in [0.3, 0.4) is 0 Å². The molecule has 0 fully saturated rings. The number of aryl methyl sites for hydroxylation is 1. The Morgan fingerprint density at radius 1 is 1.25 bits per heavy atom. The highest BCUT2D eigenvalue weighted by Crippen LogP contribution is 2.16. The predicted octanol–water partition coefficient (Wildman–Crippen LogP) is 2.30. The molecule has 0 spiro atoms. The van der Waals surface area contributed by atoms with Gasteiger partial charge in [0.1, 0.15) is 6.54 Å². The van der Waals surface area contributed by atoms with Crippen molar-refractivity contribution < 1.29 is 14.7 Å². The van der Waals surface area contributed by atoms with Gasteiger partial charge in [-0.3, -0.25) is 9.69 Å². The lowest BCUT2D eigenvalue weighted by Crippen LogP contribution is -2.44. The fraction of sp³-hybridized carbons (Fsp3) is 0.429. The topological polar surface area (TPSA) is 60.9 Å². The maximum atomic E-state index is 12.3. The second kappa shape index (κ2) is 7.79. The van der Waals surface area contributed by atoms with Crippen LogP contribution in [0.4, 0.5) is 10.5 Å². The highest BCUT2D eigenvalue weighted by atomic mass is 32.2. The van der Waals surface area contributed by atoms with Crippen LogP contribution in [0.1, 0.15) is 5.56 Å². The zero-order valence-electron chi connectivity index (χ0n) is 12.0. The molecule has 20 heavy (non-hydrogen) atoms. The number of amides is 2. The third-order valence-electron chi connectivity index (χ3n) is 2.83. The summed E-state index contributed by atoms with van der Waals surface area (Å²) in [7, 11) is 1.68. The van der Waals surface area contributed by atoms with Crippen molar-refractivity contribution in [2.75, 3.05) is 37.0 Å². The molecular weight excluding hydrogens is 276 g/mol. The summed E-state index contributed by atoms with van der Waals surface area (Å²) in [5, 5.41) is 8.99. The minimum absolute atomic E-state index is 0.301. The van der Waals surface area contributed by atoms with E-state index < -0.39 is 5.97 Å². The number of rotatable bonds is 6. The summed E-state index contributed by atoms with van der Waals surface area (Å²) in [5.74, 6) is -0.214. The van der Waals surface area contributed by atoms with Crippen molar-refractivity contribution in [1.29, 1.82) is 0 Å². The van der Waals surface area contributed by atoms with E-state index in [4.69, 9.17) is 5.11 Å². The molecule has 110 valence electrons. The van der Waals surface area contributed by atoms with Crippen molar-refractivity contribution in [2.24, 2.45) is 0 Å². The number of anilines is 1. The number of hydrogen-bond donors (Lipinski definition) is 1. The number of carbonyl (C=O) groups is 2. The molecule has 1 aromatic rings. The van der Waals surface area contributed by atoms with Crippen LogP contribution in [0.2, 0.25) is 0 Å². The number of carbonyl (C=O) groups excluding carboxylic acids is 1. The molecule has 0 bridgehead atoms. The Labute approximate surface area is 123 Å². The fourth-order valence-electron chi connectivity index (χ4n) is 1.66. The molecular formula is C14H20N2O3S. The highest BCUT2D eigenvalue weighted by molar-refractivity contribution is 7.98.